The molecule has 0 fully saturated rings. The summed E-state index contributed by atoms with van der Waals surface area (Å²) in [5, 5.41) is 7.04. The largest absolute Gasteiger partial charge is 0.354 e. The van der Waals surface area contributed by atoms with Crippen molar-refractivity contribution in [3.63, 3.8) is 0 Å². The molecule has 18 heavy (non-hydrogen) atoms. The van der Waals surface area contributed by atoms with Crippen molar-refractivity contribution in [1.82, 2.24) is 25.1 Å². The normalized spacial score (nSPS) is 10.4. The van der Waals surface area contributed by atoms with E-state index in [1.165, 1.54) is 4.68 Å². The second-order valence-corrected chi connectivity index (χ2v) is 4.09. The van der Waals surface area contributed by atoms with E-state index in [1.807, 2.05) is 0 Å². The van der Waals surface area contributed by atoms with Crippen molar-refractivity contribution in [2.24, 2.45) is 0 Å². The fraction of sp³-hybridized carbons (Fsp3) is 0.273. The summed E-state index contributed by atoms with van der Waals surface area (Å²) < 4.78 is 1.51. The Bertz CT molecular complexity index is 607. The Hall–Kier alpha value is -1.95. The van der Waals surface area contributed by atoms with E-state index in [0.717, 1.165) is 0 Å². The van der Waals surface area contributed by atoms with Crippen molar-refractivity contribution in [2.75, 3.05) is 7.05 Å². The third-order valence-corrected chi connectivity index (χ3v) is 2.81. The van der Waals surface area contributed by atoms with Crippen LogP contribution in [0.1, 0.15) is 21.9 Å². The molecule has 0 unspecified atom stereocenters. The molecule has 0 saturated carbocycles. The molecule has 7 heteroatoms. The molecular weight excluding hydrogens is 254 g/mol. The van der Waals surface area contributed by atoms with Crippen LogP contribution in [-0.2, 0) is 0 Å². The first kappa shape index (κ1) is 12.5. The van der Waals surface area contributed by atoms with E-state index in [-0.39, 0.29) is 5.91 Å². The van der Waals surface area contributed by atoms with Crippen LogP contribution in [0.15, 0.2) is 12.3 Å². The summed E-state index contributed by atoms with van der Waals surface area (Å²) in [7, 11) is 1.55. The highest BCUT2D eigenvalue weighted by molar-refractivity contribution is 6.30. The topological polar surface area (TPSA) is 72.7 Å². The van der Waals surface area contributed by atoms with E-state index in [4.69, 9.17) is 11.6 Å². The molecule has 2 aromatic heterocycles. The standard InChI is InChI=1S/C11H12ClN5O/c1-6-9(12)14-7(2)15-10(6)17-5-4-8(16-17)11(18)13-3/h4-5H,1-3H3,(H,13,18). The smallest absolute Gasteiger partial charge is 0.271 e. The lowest BCUT2D eigenvalue weighted by Crippen LogP contribution is -2.18. The molecule has 0 bridgehead atoms. The minimum absolute atomic E-state index is 0.247. The maximum absolute atomic E-state index is 11.4. The van der Waals surface area contributed by atoms with Crippen molar-refractivity contribution in [2.45, 2.75) is 13.8 Å². The predicted octanol–water partition coefficient (Wildman–Crippen LogP) is 1.29. The third kappa shape index (κ3) is 2.19. The van der Waals surface area contributed by atoms with Crippen molar-refractivity contribution in [1.29, 1.82) is 0 Å². The number of hydrogen-bond acceptors (Lipinski definition) is 4. The van der Waals surface area contributed by atoms with E-state index in [9.17, 15) is 4.79 Å². The molecule has 2 aromatic rings. The molecule has 0 aliphatic heterocycles. The first-order chi connectivity index (χ1) is 8.52. The Balaban J connectivity index is 2.49. The summed E-state index contributed by atoms with van der Waals surface area (Å²) >= 11 is 5.99. The van der Waals surface area contributed by atoms with Gasteiger partial charge in [0.2, 0.25) is 0 Å². The van der Waals surface area contributed by atoms with E-state index >= 15 is 0 Å². The number of carbonyl (C=O) groups is 1. The van der Waals surface area contributed by atoms with Gasteiger partial charge in [-0.15, -0.1) is 0 Å². The maximum Gasteiger partial charge on any atom is 0.271 e. The Labute approximate surface area is 109 Å². The van der Waals surface area contributed by atoms with Crippen LogP contribution in [0.5, 0.6) is 0 Å². The van der Waals surface area contributed by atoms with Crippen LogP contribution in [0.4, 0.5) is 0 Å². The van der Waals surface area contributed by atoms with Gasteiger partial charge in [0, 0.05) is 18.8 Å². The van der Waals surface area contributed by atoms with E-state index in [2.05, 4.69) is 20.4 Å². The van der Waals surface area contributed by atoms with Crippen molar-refractivity contribution in [3.05, 3.63) is 34.5 Å². The number of aryl methyl sites for hydroxylation is 1. The van der Waals surface area contributed by atoms with Gasteiger partial charge >= 0.3 is 0 Å². The lowest BCUT2D eigenvalue weighted by molar-refractivity contribution is 0.0957. The zero-order chi connectivity index (χ0) is 13.3. The number of nitrogens with zero attached hydrogens (tertiary/aromatic N) is 4. The molecule has 0 saturated heterocycles. The van der Waals surface area contributed by atoms with E-state index in [0.29, 0.717) is 28.1 Å². The average Bonchev–Trinajstić information content (AvgIpc) is 2.82. The van der Waals surface area contributed by atoms with E-state index < -0.39 is 0 Å². The Kier molecular flexibility index (Phi) is 3.29. The summed E-state index contributed by atoms with van der Waals surface area (Å²) in [4.78, 5) is 19.8. The minimum atomic E-state index is -0.247. The molecular formula is C11H12ClN5O. The fourth-order valence-corrected chi connectivity index (χ4v) is 1.70. The summed E-state index contributed by atoms with van der Waals surface area (Å²) in [6.07, 6.45) is 1.66. The number of rotatable bonds is 2. The third-order valence-electron chi connectivity index (χ3n) is 2.44. The highest BCUT2D eigenvalue weighted by Gasteiger charge is 2.13. The molecule has 0 atom stereocenters. The first-order valence-electron chi connectivity index (χ1n) is 5.31. The zero-order valence-corrected chi connectivity index (χ0v) is 11.0. The van der Waals surface area contributed by atoms with Gasteiger partial charge in [-0.1, -0.05) is 11.6 Å². The van der Waals surface area contributed by atoms with Crippen LogP contribution in [0.2, 0.25) is 5.15 Å². The van der Waals surface area contributed by atoms with Crippen LogP contribution in [-0.4, -0.2) is 32.7 Å². The molecule has 6 nitrogen and oxygen atoms in total. The number of carbonyl (C=O) groups excluding carboxylic acids is 1. The van der Waals surface area contributed by atoms with Gasteiger partial charge in [-0.2, -0.15) is 5.10 Å². The van der Waals surface area contributed by atoms with Gasteiger partial charge in [-0.3, -0.25) is 4.79 Å². The number of aromatic nitrogens is 4. The van der Waals surface area contributed by atoms with Gasteiger partial charge in [0.1, 0.15) is 11.0 Å². The van der Waals surface area contributed by atoms with Gasteiger partial charge in [0.05, 0.1) is 0 Å². The second-order valence-electron chi connectivity index (χ2n) is 3.73. The Morgan fingerprint density at radius 3 is 2.78 bits per heavy atom. The SMILES string of the molecule is CNC(=O)c1ccn(-c2nc(C)nc(Cl)c2C)n1. The number of hydrogen-bond donors (Lipinski definition) is 1. The van der Waals surface area contributed by atoms with E-state index in [1.54, 1.807) is 33.2 Å². The molecule has 1 N–H and O–H groups in total. The summed E-state index contributed by atoms with van der Waals surface area (Å²) in [6.45, 7) is 3.55. The van der Waals surface area contributed by atoms with Gasteiger partial charge in [0.25, 0.3) is 5.91 Å². The van der Waals surface area contributed by atoms with Crippen LogP contribution in [0.25, 0.3) is 5.82 Å². The van der Waals surface area contributed by atoms with Gasteiger partial charge in [0.15, 0.2) is 11.5 Å². The molecule has 0 aromatic carbocycles. The molecule has 0 aliphatic carbocycles. The van der Waals surface area contributed by atoms with Gasteiger partial charge < -0.3 is 5.32 Å². The second kappa shape index (κ2) is 4.73. The van der Waals surface area contributed by atoms with Crippen molar-refractivity contribution in [3.8, 4) is 5.82 Å². The highest BCUT2D eigenvalue weighted by atomic mass is 35.5. The molecule has 2 heterocycles. The molecule has 1 amide bonds. The van der Waals surface area contributed by atoms with Crippen molar-refractivity contribution < 1.29 is 4.79 Å². The first-order valence-corrected chi connectivity index (χ1v) is 5.69. The molecule has 0 spiro atoms. The molecule has 2 rings (SSSR count). The minimum Gasteiger partial charge on any atom is -0.354 e. The Morgan fingerprint density at radius 2 is 2.11 bits per heavy atom. The van der Waals surface area contributed by atoms with Gasteiger partial charge in [-0.25, -0.2) is 14.6 Å². The Morgan fingerprint density at radius 1 is 1.39 bits per heavy atom. The number of nitrogens with one attached hydrogen (secondary N) is 1. The lowest BCUT2D eigenvalue weighted by atomic mass is 10.3. The fourth-order valence-electron chi connectivity index (χ4n) is 1.49. The van der Waals surface area contributed by atoms with Gasteiger partial charge in [-0.05, 0) is 19.9 Å². The molecule has 94 valence electrons. The van der Waals surface area contributed by atoms with Crippen LogP contribution in [0.3, 0.4) is 0 Å². The maximum atomic E-state index is 11.4. The molecule has 0 radical (unpaired) electrons. The average molecular weight is 266 g/mol. The quantitative estimate of drug-likeness (QED) is 0.831. The van der Waals surface area contributed by atoms with Crippen LogP contribution in [0, 0.1) is 13.8 Å². The zero-order valence-electron chi connectivity index (χ0n) is 10.2. The van der Waals surface area contributed by atoms with Crippen LogP contribution < -0.4 is 5.32 Å². The monoisotopic (exact) mass is 265 g/mol. The number of amides is 1. The summed E-state index contributed by atoms with van der Waals surface area (Å²) in [5.41, 5.74) is 1.04. The van der Waals surface area contributed by atoms with Crippen molar-refractivity contribution >= 4 is 17.5 Å². The summed E-state index contributed by atoms with van der Waals surface area (Å²) in [6, 6.07) is 1.61. The predicted molar refractivity (Wildman–Crippen MR) is 67.0 cm³/mol. The lowest BCUT2D eigenvalue weighted by Gasteiger charge is -2.06. The number of halogens is 1. The summed E-state index contributed by atoms with van der Waals surface area (Å²) in [5.74, 6) is 0.878. The van der Waals surface area contributed by atoms with Crippen LogP contribution >= 0.6 is 11.6 Å². The highest BCUT2D eigenvalue weighted by Crippen LogP contribution is 2.18. The molecule has 0 aliphatic rings.